The smallest absolute Gasteiger partial charge is 0.311 e. The first-order chi connectivity index (χ1) is 28.7. The van der Waals surface area contributed by atoms with Gasteiger partial charge in [-0.05, 0) is 97.8 Å². The SMILES string of the molecule is CC1=C\[C@H](C)C[C@@]2(C)CC[C@@H](O2)[C@@]23CCC(C)(C[C@@H](O2)C2O[C@](C)(CC2=O)[C@@H](O)C2CC[C@@]4(CCC[C@H](O4)[C@@H](C)C(=O)O[C@H]4C(\C=C\1)OC([C@]1(O)C[C@H](C)CCO1)[C@H]4O)O2)O3. The number of aliphatic hydroxyl groups excluding tert-OH is 2. The van der Waals surface area contributed by atoms with Gasteiger partial charge in [-0.3, -0.25) is 9.59 Å². The summed E-state index contributed by atoms with van der Waals surface area (Å²) in [5.74, 6) is -4.93. The van der Waals surface area contributed by atoms with Crippen LogP contribution in [-0.4, -0.2) is 129 Å². The molecule has 2 spiro atoms. The van der Waals surface area contributed by atoms with Crippen molar-refractivity contribution in [2.24, 2.45) is 17.8 Å². The summed E-state index contributed by atoms with van der Waals surface area (Å²) >= 11 is 0. The number of hydrogen-bond acceptors (Lipinski definition) is 14. The van der Waals surface area contributed by atoms with E-state index in [0.29, 0.717) is 45.1 Å². The maximum Gasteiger partial charge on any atom is 0.311 e. The number of allylic oxidation sites excluding steroid dienone is 3. The Hall–Kier alpha value is -1.82. The van der Waals surface area contributed by atoms with E-state index in [1.807, 2.05) is 19.9 Å². The molecule has 9 aliphatic rings. The highest BCUT2D eigenvalue weighted by molar-refractivity contribution is 5.86. The molecule has 0 aromatic heterocycles. The fourth-order valence-electron chi connectivity index (χ4n) is 12.5. The van der Waals surface area contributed by atoms with Crippen LogP contribution in [0.25, 0.3) is 0 Å². The number of rotatable bonds is 1. The standard InChI is InChI=1S/C47H70O14/c1-26-10-11-32-38(36(49)40(54-32)46(52)23-27(2)14-20-53-46)55-41(51)29(4)31-9-8-15-45(56-31)17-12-33(57-45)39(50)44(7)24-30(48)37(60-44)34-25-43(6)18-19-47(58-34,61-43)35-13-16-42(5,59-35)22-28(3)21-26/h10-11,21,27-29,31-40,49-50,52H,8-9,12-20,22-25H2,1-7H3/b11-10+,26-21+/t27-,28+,29-,31+,32?,33?,34-,35-,36+,37?,38+,39+,40?,42-,43?,44-,45-,46+,47+/m1/s1. The number of esters is 1. The molecule has 10 bridgehead atoms. The minimum Gasteiger partial charge on any atom is -0.456 e. The van der Waals surface area contributed by atoms with Crippen LogP contribution < -0.4 is 0 Å². The largest absolute Gasteiger partial charge is 0.456 e. The first-order valence-corrected chi connectivity index (χ1v) is 23.3. The topological polar surface area (TPSA) is 178 Å². The summed E-state index contributed by atoms with van der Waals surface area (Å²) in [6.45, 7) is 14.3. The highest BCUT2D eigenvalue weighted by Crippen LogP contribution is 2.55. The molecule has 8 fully saturated rings. The number of hydrogen-bond donors (Lipinski definition) is 3. The number of carbonyl (C=O) groups excluding carboxylic acids is 2. The number of carbonyl (C=O) groups is 2. The molecule has 8 saturated heterocycles. The van der Waals surface area contributed by atoms with Crippen LogP contribution in [0, 0.1) is 17.8 Å². The molecule has 0 amide bonds. The lowest BCUT2D eigenvalue weighted by atomic mass is 9.88. The number of Topliss-reactive ketones (excluding diaryl/α,β-unsaturated/α-hetero) is 1. The van der Waals surface area contributed by atoms with Gasteiger partial charge in [-0.25, -0.2) is 0 Å². The Morgan fingerprint density at radius 1 is 0.787 bits per heavy atom. The molecule has 9 rings (SSSR count). The Balaban J connectivity index is 1.01. The Labute approximate surface area is 360 Å². The second-order valence-corrected chi connectivity index (χ2v) is 21.4. The average molecular weight is 859 g/mol. The maximum absolute atomic E-state index is 14.1. The second-order valence-electron chi connectivity index (χ2n) is 21.4. The minimum absolute atomic E-state index is 0.0152. The Kier molecular flexibility index (Phi) is 11.6. The molecule has 0 radical (unpaired) electrons. The Morgan fingerprint density at radius 3 is 2.36 bits per heavy atom. The van der Waals surface area contributed by atoms with Gasteiger partial charge in [-0.15, -0.1) is 0 Å². The van der Waals surface area contributed by atoms with Crippen molar-refractivity contribution in [2.45, 2.75) is 234 Å². The third kappa shape index (κ3) is 8.25. The van der Waals surface area contributed by atoms with Crippen LogP contribution in [0.1, 0.15) is 138 Å². The van der Waals surface area contributed by atoms with Gasteiger partial charge >= 0.3 is 5.97 Å². The third-order valence-electron chi connectivity index (χ3n) is 15.8. The van der Waals surface area contributed by atoms with Gasteiger partial charge in [0.15, 0.2) is 29.2 Å². The van der Waals surface area contributed by atoms with E-state index in [-0.39, 0.29) is 36.6 Å². The summed E-state index contributed by atoms with van der Waals surface area (Å²) in [5.41, 5.74) is -1.23. The number of fused-ring (bicyclic) bond motifs is 10. The summed E-state index contributed by atoms with van der Waals surface area (Å²) in [7, 11) is 0. The molecule has 3 N–H and O–H groups in total. The molecule has 19 atom stereocenters. The first-order valence-electron chi connectivity index (χ1n) is 23.3. The average Bonchev–Trinajstić information content (AvgIpc) is 3.99. The summed E-state index contributed by atoms with van der Waals surface area (Å²) in [5, 5.41) is 35.4. The molecule has 9 aliphatic heterocycles. The molecule has 0 aromatic rings. The van der Waals surface area contributed by atoms with Gasteiger partial charge < -0.3 is 58.0 Å². The van der Waals surface area contributed by atoms with Crippen LogP contribution in [0.5, 0.6) is 0 Å². The van der Waals surface area contributed by atoms with E-state index < -0.39 is 101 Å². The highest BCUT2D eigenvalue weighted by atomic mass is 16.8. The van der Waals surface area contributed by atoms with Crippen molar-refractivity contribution in [3.63, 3.8) is 0 Å². The Bertz CT molecular complexity index is 1750. The zero-order valence-corrected chi connectivity index (χ0v) is 37.2. The van der Waals surface area contributed by atoms with Crippen molar-refractivity contribution in [1.29, 1.82) is 0 Å². The molecule has 342 valence electrons. The van der Waals surface area contributed by atoms with Gasteiger partial charge in [0.25, 0.3) is 0 Å². The van der Waals surface area contributed by atoms with Crippen molar-refractivity contribution < 1.29 is 67.5 Å². The van der Waals surface area contributed by atoms with Crippen molar-refractivity contribution in [3.05, 3.63) is 23.8 Å². The van der Waals surface area contributed by atoms with Crippen LogP contribution in [0.3, 0.4) is 0 Å². The van der Waals surface area contributed by atoms with Crippen molar-refractivity contribution in [3.8, 4) is 0 Å². The van der Waals surface area contributed by atoms with Crippen molar-refractivity contribution >= 4 is 11.8 Å². The van der Waals surface area contributed by atoms with E-state index in [2.05, 4.69) is 26.8 Å². The van der Waals surface area contributed by atoms with Gasteiger partial charge in [0.2, 0.25) is 0 Å². The summed E-state index contributed by atoms with van der Waals surface area (Å²) in [6, 6.07) is 0. The van der Waals surface area contributed by atoms with Crippen LogP contribution in [-0.2, 0) is 52.2 Å². The van der Waals surface area contributed by atoms with Gasteiger partial charge in [-0.1, -0.05) is 37.6 Å². The van der Waals surface area contributed by atoms with Crippen LogP contribution in [0.2, 0.25) is 0 Å². The predicted molar refractivity (Wildman–Crippen MR) is 218 cm³/mol. The lowest BCUT2D eigenvalue weighted by molar-refractivity contribution is -0.359. The zero-order chi connectivity index (χ0) is 43.3. The summed E-state index contributed by atoms with van der Waals surface area (Å²) < 4.78 is 58.9. The number of ether oxygens (including phenoxy) is 9. The quantitative estimate of drug-likeness (QED) is 0.291. The van der Waals surface area contributed by atoms with Gasteiger partial charge in [0.1, 0.15) is 42.2 Å². The van der Waals surface area contributed by atoms with Crippen LogP contribution in [0.15, 0.2) is 23.8 Å². The molecule has 0 aromatic carbocycles. The molecule has 14 heteroatoms. The molecular weight excluding hydrogens is 789 g/mol. The fraction of sp³-hybridized carbons (Fsp3) is 0.872. The third-order valence-corrected chi connectivity index (χ3v) is 15.8. The zero-order valence-electron chi connectivity index (χ0n) is 37.2. The van der Waals surface area contributed by atoms with E-state index in [1.54, 1.807) is 19.9 Å². The van der Waals surface area contributed by atoms with Crippen LogP contribution in [0.4, 0.5) is 0 Å². The van der Waals surface area contributed by atoms with E-state index in [0.717, 1.165) is 44.1 Å². The fourth-order valence-corrected chi connectivity index (χ4v) is 12.5. The molecule has 5 unspecified atom stereocenters. The van der Waals surface area contributed by atoms with Gasteiger partial charge in [-0.2, -0.15) is 0 Å². The maximum atomic E-state index is 14.1. The van der Waals surface area contributed by atoms with Crippen molar-refractivity contribution in [1.82, 2.24) is 0 Å². The molecule has 14 nitrogen and oxygen atoms in total. The number of aliphatic hydroxyl groups is 3. The summed E-state index contributed by atoms with van der Waals surface area (Å²) in [4.78, 5) is 28.0. The van der Waals surface area contributed by atoms with E-state index >= 15 is 0 Å². The molecule has 0 aliphatic carbocycles. The lowest BCUT2D eigenvalue weighted by Crippen LogP contribution is -2.57. The van der Waals surface area contributed by atoms with E-state index in [1.165, 1.54) is 0 Å². The van der Waals surface area contributed by atoms with E-state index in [4.69, 9.17) is 42.6 Å². The Morgan fingerprint density at radius 2 is 1.57 bits per heavy atom. The lowest BCUT2D eigenvalue weighted by Gasteiger charge is -2.47. The van der Waals surface area contributed by atoms with Crippen LogP contribution >= 0.6 is 0 Å². The number of ketones is 1. The molecular formula is C47H70O14. The second kappa shape index (κ2) is 16.0. The predicted octanol–water partition coefficient (Wildman–Crippen LogP) is 5.25. The minimum atomic E-state index is -1.75. The van der Waals surface area contributed by atoms with Gasteiger partial charge in [0.05, 0.1) is 42.0 Å². The highest BCUT2D eigenvalue weighted by Gasteiger charge is 2.65. The molecule has 61 heavy (non-hydrogen) atoms. The van der Waals surface area contributed by atoms with E-state index in [9.17, 15) is 24.9 Å². The molecule has 0 saturated carbocycles. The monoisotopic (exact) mass is 858 g/mol. The molecule has 9 heterocycles. The summed E-state index contributed by atoms with van der Waals surface area (Å²) in [6.07, 6.45) is 5.41. The van der Waals surface area contributed by atoms with Crippen molar-refractivity contribution in [2.75, 3.05) is 6.61 Å². The normalized spacial score (nSPS) is 55.7. The van der Waals surface area contributed by atoms with Gasteiger partial charge in [0, 0.05) is 38.5 Å². The first kappa shape index (κ1) is 44.4.